The molecule has 1 unspecified atom stereocenters. The second-order valence-corrected chi connectivity index (χ2v) is 11.4. The maximum Gasteiger partial charge on any atom is 0.335 e. The van der Waals surface area contributed by atoms with E-state index >= 15 is 0 Å². The summed E-state index contributed by atoms with van der Waals surface area (Å²) in [7, 11) is -1.26. The third-order valence-electron chi connectivity index (χ3n) is 6.63. The number of carboxylic acids is 1. The van der Waals surface area contributed by atoms with Crippen molar-refractivity contribution in [2.75, 3.05) is 20.1 Å². The van der Waals surface area contributed by atoms with Crippen LogP contribution in [0.15, 0.2) is 42.5 Å². The Hall–Kier alpha value is -3.32. The SMILES string of the molecule is CNC(=O)NS(=O)(=O)N1CCCC(NC(=O)c2cc3c(Cl)c(Cl)ccc3n2C)(c2ccc(C(=O)O)cc2)C1. The van der Waals surface area contributed by atoms with Gasteiger partial charge in [0, 0.05) is 38.1 Å². The molecule has 2 aromatic carbocycles. The molecule has 38 heavy (non-hydrogen) atoms. The van der Waals surface area contributed by atoms with Crippen LogP contribution in [0.5, 0.6) is 0 Å². The highest BCUT2D eigenvalue weighted by atomic mass is 35.5. The molecule has 1 saturated heterocycles. The van der Waals surface area contributed by atoms with Crippen molar-refractivity contribution in [3.8, 4) is 0 Å². The maximum absolute atomic E-state index is 13.7. The van der Waals surface area contributed by atoms with Crippen LogP contribution in [-0.2, 0) is 22.8 Å². The largest absolute Gasteiger partial charge is 0.478 e. The molecule has 14 heteroatoms. The Morgan fingerprint density at radius 1 is 1.08 bits per heavy atom. The molecule has 0 radical (unpaired) electrons. The zero-order chi connectivity index (χ0) is 27.8. The summed E-state index contributed by atoms with van der Waals surface area (Å²) in [6, 6.07) is 9.93. The number of piperidine rings is 1. The Labute approximate surface area is 228 Å². The zero-order valence-corrected chi connectivity index (χ0v) is 22.7. The number of aromatic nitrogens is 1. The average Bonchev–Trinajstić information content (AvgIpc) is 3.23. The molecule has 11 nitrogen and oxygen atoms in total. The zero-order valence-electron chi connectivity index (χ0n) is 20.4. The van der Waals surface area contributed by atoms with E-state index in [9.17, 15) is 27.9 Å². The molecule has 1 fully saturated rings. The smallest absolute Gasteiger partial charge is 0.335 e. The monoisotopic (exact) mass is 581 g/mol. The lowest BCUT2D eigenvalue weighted by Crippen LogP contribution is -2.60. The average molecular weight is 582 g/mol. The fourth-order valence-electron chi connectivity index (χ4n) is 4.64. The van der Waals surface area contributed by atoms with Gasteiger partial charge in [-0.15, -0.1) is 0 Å². The summed E-state index contributed by atoms with van der Waals surface area (Å²) in [5, 5.41) is 15.7. The normalized spacial score (nSPS) is 18.2. The predicted octanol–water partition coefficient (Wildman–Crippen LogP) is 3.08. The molecular formula is C24H25Cl2N5O6S. The number of carbonyl (C=O) groups excluding carboxylic acids is 2. The second kappa shape index (κ2) is 10.4. The number of fused-ring (bicyclic) bond motifs is 1. The molecule has 0 aliphatic carbocycles. The lowest BCUT2D eigenvalue weighted by Gasteiger charge is -2.43. The van der Waals surface area contributed by atoms with E-state index in [0.29, 0.717) is 39.4 Å². The van der Waals surface area contributed by atoms with Crippen LogP contribution in [0.1, 0.15) is 39.3 Å². The molecule has 3 amide bonds. The van der Waals surface area contributed by atoms with Crippen LogP contribution in [0.4, 0.5) is 4.79 Å². The summed E-state index contributed by atoms with van der Waals surface area (Å²) in [6.45, 7) is -0.0900. The third-order valence-corrected chi connectivity index (χ3v) is 8.88. The minimum absolute atomic E-state index is 0.0389. The number of urea groups is 1. The van der Waals surface area contributed by atoms with E-state index in [1.807, 2.05) is 4.72 Å². The molecular weight excluding hydrogens is 557 g/mol. The number of carboxylic acid groups (broad SMARTS) is 1. The van der Waals surface area contributed by atoms with E-state index in [1.165, 1.54) is 19.2 Å². The second-order valence-electron chi connectivity index (χ2n) is 8.92. The number of nitrogens with zero attached hydrogens (tertiary/aromatic N) is 2. The van der Waals surface area contributed by atoms with Crippen molar-refractivity contribution in [3.05, 3.63) is 69.3 Å². The maximum atomic E-state index is 13.7. The first-order valence-electron chi connectivity index (χ1n) is 11.5. The highest BCUT2D eigenvalue weighted by Gasteiger charge is 2.43. The number of rotatable bonds is 6. The first kappa shape index (κ1) is 27.7. The van der Waals surface area contributed by atoms with Crippen LogP contribution in [0, 0.1) is 0 Å². The number of nitrogens with one attached hydrogen (secondary N) is 3. The van der Waals surface area contributed by atoms with Gasteiger partial charge < -0.3 is 20.3 Å². The first-order chi connectivity index (χ1) is 17.9. The van der Waals surface area contributed by atoms with Gasteiger partial charge in [0.05, 0.1) is 21.1 Å². The topological polar surface area (TPSA) is 150 Å². The van der Waals surface area contributed by atoms with E-state index in [0.717, 1.165) is 4.31 Å². The summed E-state index contributed by atoms with van der Waals surface area (Å²) < 4.78 is 30.6. The Morgan fingerprint density at radius 3 is 2.39 bits per heavy atom. The fourth-order valence-corrected chi connectivity index (χ4v) is 6.25. The van der Waals surface area contributed by atoms with Gasteiger partial charge in [0.25, 0.3) is 5.91 Å². The molecule has 4 N–H and O–H groups in total. The van der Waals surface area contributed by atoms with Gasteiger partial charge in [-0.05, 0) is 48.7 Å². The van der Waals surface area contributed by atoms with E-state index in [1.54, 1.807) is 41.9 Å². The number of hydrogen-bond donors (Lipinski definition) is 4. The van der Waals surface area contributed by atoms with Gasteiger partial charge in [-0.1, -0.05) is 35.3 Å². The van der Waals surface area contributed by atoms with Crippen molar-refractivity contribution in [1.29, 1.82) is 0 Å². The number of halogens is 2. The van der Waals surface area contributed by atoms with Crippen LogP contribution in [-0.4, -0.2) is 60.4 Å². The first-order valence-corrected chi connectivity index (χ1v) is 13.7. The van der Waals surface area contributed by atoms with Gasteiger partial charge in [-0.3, -0.25) is 4.79 Å². The molecule has 0 bridgehead atoms. The van der Waals surface area contributed by atoms with E-state index in [2.05, 4.69) is 10.6 Å². The Kier molecular flexibility index (Phi) is 7.62. The molecule has 1 aromatic heterocycles. The van der Waals surface area contributed by atoms with E-state index in [-0.39, 0.29) is 24.3 Å². The molecule has 3 aromatic rings. The number of hydrogen-bond acceptors (Lipinski definition) is 5. The lowest BCUT2D eigenvalue weighted by atomic mass is 9.82. The summed E-state index contributed by atoms with van der Waals surface area (Å²) in [4.78, 5) is 36.8. The quantitative estimate of drug-likeness (QED) is 0.351. The van der Waals surface area contributed by atoms with Crippen LogP contribution in [0.3, 0.4) is 0 Å². The highest BCUT2D eigenvalue weighted by Crippen LogP contribution is 2.35. The van der Waals surface area contributed by atoms with Crippen molar-refractivity contribution in [2.45, 2.75) is 18.4 Å². The number of aryl methyl sites for hydroxylation is 1. The van der Waals surface area contributed by atoms with Gasteiger partial charge in [0.1, 0.15) is 5.69 Å². The molecule has 202 valence electrons. The van der Waals surface area contributed by atoms with E-state index in [4.69, 9.17) is 23.2 Å². The van der Waals surface area contributed by atoms with Crippen molar-refractivity contribution >= 4 is 62.2 Å². The van der Waals surface area contributed by atoms with Crippen molar-refractivity contribution in [3.63, 3.8) is 0 Å². The van der Waals surface area contributed by atoms with Gasteiger partial charge in [0.15, 0.2) is 0 Å². The molecule has 4 rings (SSSR count). The lowest BCUT2D eigenvalue weighted by molar-refractivity contribution is 0.0695. The van der Waals surface area contributed by atoms with Gasteiger partial charge in [-0.2, -0.15) is 12.7 Å². The minimum atomic E-state index is -4.25. The van der Waals surface area contributed by atoms with Gasteiger partial charge in [0.2, 0.25) is 0 Å². The number of aromatic carboxylic acids is 1. The fraction of sp³-hybridized carbons (Fsp3) is 0.292. The van der Waals surface area contributed by atoms with Crippen LogP contribution >= 0.6 is 23.2 Å². The van der Waals surface area contributed by atoms with Crippen LogP contribution < -0.4 is 15.4 Å². The summed E-state index contributed by atoms with van der Waals surface area (Å²) in [6.07, 6.45) is 0.708. The Bertz CT molecular complexity index is 1540. The predicted molar refractivity (Wildman–Crippen MR) is 143 cm³/mol. The Balaban J connectivity index is 1.76. The Morgan fingerprint density at radius 2 is 1.76 bits per heavy atom. The molecule has 1 aliphatic rings. The summed E-state index contributed by atoms with van der Waals surface area (Å²) in [5.74, 6) is -1.62. The molecule has 2 heterocycles. The standard InChI is InChI=1S/C24H25Cl2N5O6S/c1-27-23(35)29-38(36,37)31-11-3-10-24(13-31,15-6-4-14(5-7-15)22(33)34)28-21(32)19-12-16-18(30(19)2)9-8-17(25)20(16)26/h4-9,12H,3,10-11,13H2,1-2H3,(H,28,32)(H,33,34)(H2,27,29,35). The summed E-state index contributed by atoms with van der Waals surface area (Å²) >= 11 is 12.5. The highest BCUT2D eigenvalue weighted by molar-refractivity contribution is 7.87. The van der Waals surface area contributed by atoms with Crippen molar-refractivity contribution < 1.29 is 27.9 Å². The molecule has 1 atom stereocenters. The molecule has 0 saturated carbocycles. The summed E-state index contributed by atoms with van der Waals surface area (Å²) in [5.41, 5.74) is 0.246. The van der Waals surface area contributed by atoms with Gasteiger partial charge in [-0.25, -0.2) is 14.3 Å². The number of benzene rings is 2. The third kappa shape index (κ3) is 5.17. The van der Waals surface area contributed by atoms with Crippen LogP contribution in [0.2, 0.25) is 10.0 Å². The molecule has 1 aliphatic heterocycles. The number of carbonyl (C=O) groups is 3. The van der Waals surface area contributed by atoms with Crippen LogP contribution in [0.25, 0.3) is 10.9 Å². The van der Waals surface area contributed by atoms with Gasteiger partial charge >= 0.3 is 22.2 Å². The van der Waals surface area contributed by atoms with E-state index < -0.39 is 33.7 Å². The number of amides is 3. The minimum Gasteiger partial charge on any atom is -0.478 e. The van der Waals surface area contributed by atoms with Crippen molar-refractivity contribution in [1.82, 2.24) is 24.2 Å². The molecule has 0 spiro atoms. The van der Waals surface area contributed by atoms with Crippen molar-refractivity contribution in [2.24, 2.45) is 7.05 Å².